The van der Waals surface area contributed by atoms with Crippen LogP contribution in [0.15, 0.2) is 30.3 Å². The van der Waals surface area contributed by atoms with E-state index in [1.165, 1.54) is 0 Å². The highest BCUT2D eigenvalue weighted by molar-refractivity contribution is 5.82. The lowest BCUT2D eigenvalue weighted by molar-refractivity contribution is -0.140. The fraction of sp³-hybridized carbons (Fsp3) is 0.500. The number of carbonyl (C=O) groups is 2. The highest BCUT2D eigenvalue weighted by atomic mass is 16.2. The lowest BCUT2D eigenvalue weighted by Crippen LogP contribution is -2.40. The highest BCUT2D eigenvalue weighted by Crippen LogP contribution is 2.19. The number of hydrogen-bond donors (Lipinski definition) is 0. The largest absolute Gasteiger partial charge is 0.337 e. The molecule has 1 amide bonds. The van der Waals surface area contributed by atoms with Crippen molar-refractivity contribution >= 4 is 11.7 Å². The third kappa shape index (κ3) is 5.25. The Morgan fingerprint density at radius 1 is 1.11 bits per heavy atom. The van der Waals surface area contributed by atoms with Crippen LogP contribution in [0.4, 0.5) is 0 Å². The summed E-state index contributed by atoms with van der Waals surface area (Å²) in [5, 5.41) is 0. The molecule has 0 aliphatic carbocycles. The summed E-state index contributed by atoms with van der Waals surface area (Å²) in [5.74, 6) is 0.192. The maximum Gasteiger partial charge on any atom is 0.228 e. The summed E-state index contributed by atoms with van der Waals surface area (Å²) in [6.45, 7) is 8.32. The first-order valence-corrected chi connectivity index (χ1v) is 6.63. The van der Waals surface area contributed by atoms with E-state index in [9.17, 15) is 9.59 Å². The van der Waals surface area contributed by atoms with Crippen molar-refractivity contribution in [3.63, 3.8) is 0 Å². The molecule has 0 spiro atoms. The van der Waals surface area contributed by atoms with Crippen molar-refractivity contribution < 1.29 is 9.59 Å². The Bertz CT molecular complexity index is 432. The Hall–Kier alpha value is -1.64. The molecule has 104 valence electrons. The van der Waals surface area contributed by atoms with Crippen molar-refractivity contribution in [3.8, 4) is 0 Å². The van der Waals surface area contributed by atoms with Gasteiger partial charge in [0.05, 0.1) is 0 Å². The first-order valence-electron chi connectivity index (χ1n) is 6.63. The van der Waals surface area contributed by atoms with E-state index in [1.807, 2.05) is 51.1 Å². The number of amides is 1. The number of hydrogen-bond acceptors (Lipinski definition) is 2. The van der Waals surface area contributed by atoms with E-state index < -0.39 is 5.41 Å². The minimum absolute atomic E-state index is 0.0811. The predicted molar refractivity (Wildman–Crippen MR) is 76.6 cm³/mol. The summed E-state index contributed by atoms with van der Waals surface area (Å²) in [4.78, 5) is 25.3. The van der Waals surface area contributed by atoms with Crippen molar-refractivity contribution in [2.75, 3.05) is 6.54 Å². The van der Waals surface area contributed by atoms with Gasteiger partial charge in [-0.15, -0.1) is 0 Å². The Labute approximate surface area is 115 Å². The summed E-state index contributed by atoms with van der Waals surface area (Å²) in [6, 6.07) is 9.86. The number of benzene rings is 1. The zero-order chi connectivity index (χ0) is 14.5. The highest BCUT2D eigenvalue weighted by Gasteiger charge is 2.27. The minimum Gasteiger partial charge on any atom is -0.337 e. The summed E-state index contributed by atoms with van der Waals surface area (Å²) in [5.41, 5.74) is 0.662. The smallest absolute Gasteiger partial charge is 0.228 e. The van der Waals surface area contributed by atoms with Gasteiger partial charge >= 0.3 is 0 Å². The van der Waals surface area contributed by atoms with Gasteiger partial charge in [-0.2, -0.15) is 0 Å². The molecule has 0 radical (unpaired) electrons. The molecule has 0 saturated heterocycles. The summed E-state index contributed by atoms with van der Waals surface area (Å²) in [7, 11) is 0. The molecule has 0 aromatic heterocycles. The molecule has 0 atom stereocenters. The Kier molecular flexibility index (Phi) is 5.28. The van der Waals surface area contributed by atoms with Crippen LogP contribution in [0, 0.1) is 5.41 Å². The molecule has 0 heterocycles. The van der Waals surface area contributed by atoms with Crippen LogP contribution in [-0.4, -0.2) is 23.1 Å². The zero-order valence-corrected chi connectivity index (χ0v) is 12.3. The Morgan fingerprint density at radius 3 is 2.16 bits per heavy atom. The van der Waals surface area contributed by atoms with Gasteiger partial charge in [-0.05, 0) is 12.5 Å². The molecule has 0 aliphatic heterocycles. The molecule has 0 saturated carbocycles. The van der Waals surface area contributed by atoms with Gasteiger partial charge < -0.3 is 4.90 Å². The fourth-order valence-corrected chi connectivity index (χ4v) is 1.82. The van der Waals surface area contributed by atoms with Crippen LogP contribution in [0.25, 0.3) is 0 Å². The molecule has 1 aromatic carbocycles. The third-order valence-corrected chi connectivity index (χ3v) is 2.88. The van der Waals surface area contributed by atoms with Crippen LogP contribution >= 0.6 is 0 Å². The van der Waals surface area contributed by atoms with Crippen molar-refractivity contribution in [3.05, 3.63) is 35.9 Å². The van der Waals surface area contributed by atoms with Gasteiger partial charge in [0, 0.05) is 24.9 Å². The Morgan fingerprint density at radius 2 is 1.68 bits per heavy atom. The third-order valence-electron chi connectivity index (χ3n) is 2.88. The second-order valence-electron chi connectivity index (χ2n) is 5.91. The van der Waals surface area contributed by atoms with Crippen molar-refractivity contribution in [2.45, 2.75) is 40.7 Å². The standard InChI is InChI=1S/C16H23NO2/c1-13(18)10-11-17(15(19)16(2,3)4)12-14-8-6-5-7-9-14/h5-9H,10-12H2,1-4H3. The number of nitrogens with zero attached hydrogens (tertiary/aromatic N) is 1. The van der Waals surface area contributed by atoms with Gasteiger partial charge in [-0.3, -0.25) is 9.59 Å². The number of Topliss-reactive ketones (excluding diaryl/α,β-unsaturated/α-hetero) is 1. The van der Waals surface area contributed by atoms with Gasteiger partial charge in [0.1, 0.15) is 5.78 Å². The normalized spacial score (nSPS) is 11.2. The molecule has 1 aromatic rings. The summed E-state index contributed by atoms with van der Waals surface area (Å²) in [6.07, 6.45) is 0.411. The quantitative estimate of drug-likeness (QED) is 0.817. The van der Waals surface area contributed by atoms with E-state index in [2.05, 4.69) is 0 Å². The minimum atomic E-state index is -0.425. The number of rotatable bonds is 5. The molecule has 0 aliphatic rings. The molecule has 0 bridgehead atoms. The van der Waals surface area contributed by atoms with Crippen molar-refractivity contribution in [2.24, 2.45) is 5.41 Å². The van der Waals surface area contributed by atoms with E-state index >= 15 is 0 Å². The topological polar surface area (TPSA) is 37.4 Å². The average molecular weight is 261 g/mol. The van der Waals surface area contributed by atoms with Crippen LogP contribution < -0.4 is 0 Å². The van der Waals surface area contributed by atoms with Crippen molar-refractivity contribution in [1.29, 1.82) is 0 Å². The summed E-state index contributed by atoms with van der Waals surface area (Å²) < 4.78 is 0. The molecule has 3 heteroatoms. The van der Waals surface area contributed by atoms with Gasteiger partial charge in [-0.1, -0.05) is 51.1 Å². The molecule has 1 rings (SSSR count). The SMILES string of the molecule is CC(=O)CCN(Cc1ccccc1)C(=O)C(C)(C)C. The molecular weight excluding hydrogens is 238 g/mol. The first kappa shape index (κ1) is 15.4. The van der Waals surface area contributed by atoms with Gasteiger partial charge in [0.15, 0.2) is 0 Å². The second-order valence-corrected chi connectivity index (χ2v) is 5.91. The van der Waals surface area contributed by atoms with Crippen LogP contribution in [0.5, 0.6) is 0 Å². The molecular formula is C16H23NO2. The molecule has 19 heavy (non-hydrogen) atoms. The monoisotopic (exact) mass is 261 g/mol. The maximum absolute atomic E-state index is 12.4. The van der Waals surface area contributed by atoms with E-state index in [0.717, 1.165) is 5.56 Å². The van der Waals surface area contributed by atoms with Gasteiger partial charge in [-0.25, -0.2) is 0 Å². The first-order chi connectivity index (χ1) is 8.80. The second kappa shape index (κ2) is 6.50. The van der Waals surface area contributed by atoms with Crippen LogP contribution in [0.3, 0.4) is 0 Å². The zero-order valence-electron chi connectivity index (χ0n) is 12.3. The van der Waals surface area contributed by atoms with Crippen LogP contribution in [-0.2, 0) is 16.1 Å². The molecule has 3 nitrogen and oxygen atoms in total. The predicted octanol–water partition coefficient (Wildman–Crippen LogP) is 3.04. The lowest BCUT2D eigenvalue weighted by atomic mass is 9.94. The molecule has 0 unspecified atom stereocenters. The molecule has 0 fully saturated rings. The average Bonchev–Trinajstić information content (AvgIpc) is 2.33. The van der Waals surface area contributed by atoms with E-state index in [-0.39, 0.29) is 11.7 Å². The lowest BCUT2D eigenvalue weighted by Gasteiger charge is -2.29. The summed E-state index contributed by atoms with van der Waals surface area (Å²) >= 11 is 0. The number of carbonyl (C=O) groups excluding carboxylic acids is 2. The van der Waals surface area contributed by atoms with Gasteiger partial charge in [0.2, 0.25) is 5.91 Å². The number of ketones is 1. The fourth-order valence-electron chi connectivity index (χ4n) is 1.82. The maximum atomic E-state index is 12.4. The van der Waals surface area contributed by atoms with E-state index in [0.29, 0.717) is 19.5 Å². The van der Waals surface area contributed by atoms with Crippen LogP contribution in [0.1, 0.15) is 39.7 Å². The Balaban J connectivity index is 2.80. The van der Waals surface area contributed by atoms with E-state index in [1.54, 1.807) is 11.8 Å². The van der Waals surface area contributed by atoms with Crippen molar-refractivity contribution in [1.82, 2.24) is 4.90 Å². The van der Waals surface area contributed by atoms with Crippen LogP contribution in [0.2, 0.25) is 0 Å². The molecule has 0 N–H and O–H groups in total. The van der Waals surface area contributed by atoms with Gasteiger partial charge in [0.25, 0.3) is 0 Å². The van der Waals surface area contributed by atoms with E-state index in [4.69, 9.17) is 0 Å².